The topological polar surface area (TPSA) is 51.6 Å². The predicted octanol–water partition coefficient (Wildman–Crippen LogP) is 2.45. The summed E-state index contributed by atoms with van der Waals surface area (Å²) in [6, 6.07) is 1.79. The molecule has 0 aliphatic rings. The summed E-state index contributed by atoms with van der Waals surface area (Å²) in [4.78, 5) is 17.1. The molecule has 2 aromatic rings. The van der Waals surface area contributed by atoms with Crippen LogP contribution in [-0.4, -0.2) is 19.9 Å². The van der Waals surface area contributed by atoms with E-state index in [9.17, 15) is 0 Å². The maximum absolute atomic E-state index is 4.38. The van der Waals surface area contributed by atoms with Crippen LogP contribution in [0.3, 0.4) is 0 Å². The molecule has 4 nitrogen and oxygen atoms in total. The summed E-state index contributed by atoms with van der Waals surface area (Å²) in [6.07, 6.45) is 7.86. The van der Waals surface area contributed by atoms with E-state index in [1.807, 2.05) is 0 Å². The lowest BCUT2D eigenvalue weighted by atomic mass is 10.0. The molecule has 4 heteroatoms. The van der Waals surface area contributed by atoms with Crippen LogP contribution in [0, 0.1) is 0 Å². The molecule has 82 valence electrons. The molecule has 0 N–H and O–H groups in total. The van der Waals surface area contributed by atoms with Crippen molar-refractivity contribution in [2.24, 2.45) is 0 Å². The molecule has 16 heavy (non-hydrogen) atoms. The van der Waals surface area contributed by atoms with Gasteiger partial charge in [-0.15, -0.1) is 0 Å². The monoisotopic (exact) mass is 214 g/mol. The number of aromatic nitrogens is 4. The molecule has 0 aliphatic heterocycles. The highest BCUT2D eigenvalue weighted by Gasteiger charge is 2.14. The van der Waals surface area contributed by atoms with Crippen molar-refractivity contribution >= 4 is 0 Å². The Kier molecular flexibility index (Phi) is 3.19. The van der Waals surface area contributed by atoms with Gasteiger partial charge in [0, 0.05) is 30.7 Å². The molecule has 1 unspecified atom stereocenters. The van der Waals surface area contributed by atoms with Crippen molar-refractivity contribution in [3.05, 3.63) is 36.5 Å². The van der Waals surface area contributed by atoms with Crippen LogP contribution in [0.15, 0.2) is 30.9 Å². The van der Waals surface area contributed by atoms with Crippen molar-refractivity contribution in [2.45, 2.75) is 26.2 Å². The van der Waals surface area contributed by atoms with Gasteiger partial charge in [-0.05, 0) is 12.5 Å². The van der Waals surface area contributed by atoms with E-state index in [1.165, 1.54) is 0 Å². The molecular weight excluding hydrogens is 200 g/mol. The molecular formula is C12H14N4. The van der Waals surface area contributed by atoms with Crippen LogP contribution in [0.4, 0.5) is 0 Å². The van der Waals surface area contributed by atoms with Gasteiger partial charge in [0.1, 0.15) is 5.69 Å². The average Bonchev–Trinajstić information content (AvgIpc) is 2.39. The van der Waals surface area contributed by atoms with Gasteiger partial charge in [-0.3, -0.25) is 4.98 Å². The van der Waals surface area contributed by atoms with E-state index in [1.54, 1.807) is 30.9 Å². The minimum atomic E-state index is 0.368. The second-order valence-corrected chi connectivity index (χ2v) is 3.67. The molecule has 0 fully saturated rings. The Morgan fingerprint density at radius 3 is 2.38 bits per heavy atom. The summed E-state index contributed by atoms with van der Waals surface area (Å²) in [5.74, 6) is 1.01. The summed E-state index contributed by atoms with van der Waals surface area (Å²) < 4.78 is 0. The highest BCUT2D eigenvalue weighted by molar-refractivity contribution is 5.52. The van der Waals surface area contributed by atoms with Crippen molar-refractivity contribution < 1.29 is 0 Å². The summed E-state index contributed by atoms with van der Waals surface area (Å²) in [6.45, 7) is 4.27. The Labute approximate surface area is 94.8 Å². The van der Waals surface area contributed by atoms with Gasteiger partial charge in [0.15, 0.2) is 5.82 Å². The fraction of sp³-hybridized carbons (Fsp3) is 0.333. The Morgan fingerprint density at radius 1 is 1.00 bits per heavy atom. The Balaban J connectivity index is 2.49. The van der Waals surface area contributed by atoms with E-state index in [0.717, 1.165) is 17.8 Å². The van der Waals surface area contributed by atoms with Crippen LogP contribution in [-0.2, 0) is 0 Å². The van der Waals surface area contributed by atoms with Crippen LogP contribution < -0.4 is 0 Å². The first-order chi connectivity index (χ1) is 7.83. The fourth-order valence-corrected chi connectivity index (χ4v) is 1.50. The average molecular weight is 214 g/mol. The number of rotatable bonds is 3. The van der Waals surface area contributed by atoms with Crippen molar-refractivity contribution in [1.82, 2.24) is 19.9 Å². The Hall–Kier alpha value is -1.84. The summed E-state index contributed by atoms with van der Waals surface area (Å²) in [5, 5.41) is 0. The molecule has 0 aromatic carbocycles. The zero-order valence-electron chi connectivity index (χ0n) is 9.46. The van der Waals surface area contributed by atoms with Gasteiger partial charge >= 0.3 is 0 Å². The molecule has 1 atom stereocenters. The third-order valence-corrected chi connectivity index (χ3v) is 2.58. The highest BCUT2D eigenvalue weighted by Crippen LogP contribution is 2.24. The maximum Gasteiger partial charge on any atom is 0.179 e. The smallest absolute Gasteiger partial charge is 0.179 e. The van der Waals surface area contributed by atoms with E-state index >= 15 is 0 Å². The van der Waals surface area contributed by atoms with Gasteiger partial charge in [0.25, 0.3) is 0 Å². The van der Waals surface area contributed by atoms with Gasteiger partial charge in [0.2, 0.25) is 0 Å². The maximum atomic E-state index is 4.38. The molecule has 0 saturated carbocycles. The number of hydrogen-bond donors (Lipinski definition) is 0. The van der Waals surface area contributed by atoms with E-state index < -0.39 is 0 Å². The van der Waals surface area contributed by atoms with E-state index in [4.69, 9.17) is 0 Å². The van der Waals surface area contributed by atoms with Crippen molar-refractivity contribution in [1.29, 1.82) is 0 Å². The summed E-state index contributed by atoms with van der Waals surface area (Å²) >= 11 is 0. The first kappa shape index (κ1) is 10.7. The molecule has 0 amide bonds. The zero-order chi connectivity index (χ0) is 11.4. The van der Waals surface area contributed by atoms with Gasteiger partial charge < -0.3 is 0 Å². The molecule has 2 rings (SSSR count). The largest absolute Gasteiger partial charge is 0.257 e. The Bertz CT molecular complexity index is 456. The molecule has 0 spiro atoms. The predicted molar refractivity (Wildman–Crippen MR) is 61.8 cm³/mol. The third kappa shape index (κ3) is 2.05. The number of nitrogens with zero attached hydrogens (tertiary/aromatic N) is 4. The van der Waals surface area contributed by atoms with Crippen LogP contribution in [0.5, 0.6) is 0 Å². The standard InChI is InChI=1S/C12H14N4/c1-3-9(2)10-11(14-8-7-13-10)12-15-5-4-6-16-12/h4-9H,3H2,1-2H3. The third-order valence-electron chi connectivity index (χ3n) is 2.58. The summed E-state index contributed by atoms with van der Waals surface area (Å²) in [7, 11) is 0. The number of hydrogen-bond acceptors (Lipinski definition) is 4. The van der Waals surface area contributed by atoms with Crippen molar-refractivity contribution in [3.63, 3.8) is 0 Å². The molecule has 0 aliphatic carbocycles. The quantitative estimate of drug-likeness (QED) is 0.787. The van der Waals surface area contributed by atoms with Crippen LogP contribution in [0.2, 0.25) is 0 Å². The van der Waals surface area contributed by atoms with Gasteiger partial charge in [0.05, 0.1) is 5.69 Å². The second-order valence-electron chi connectivity index (χ2n) is 3.67. The first-order valence-electron chi connectivity index (χ1n) is 5.41. The van der Waals surface area contributed by atoms with Gasteiger partial charge in [-0.1, -0.05) is 13.8 Å². The first-order valence-corrected chi connectivity index (χ1v) is 5.41. The SMILES string of the molecule is CCC(C)c1nccnc1-c1ncccn1. The Morgan fingerprint density at radius 2 is 1.69 bits per heavy atom. The van der Waals surface area contributed by atoms with Crippen molar-refractivity contribution in [3.8, 4) is 11.5 Å². The molecule has 2 aromatic heterocycles. The minimum absolute atomic E-state index is 0.368. The molecule has 0 bridgehead atoms. The van der Waals surface area contributed by atoms with E-state index in [-0.39, 0.29) is 0 Å². The fourth-order valence-electron chi connectivity index (χ4n) is 1.50. The lowest BCUT2D eigenvalue weighted by Gasteiger charge is -2.10. The van der Waals surface area contributed by atoms with Crippen molar-refractivity contribution in [2.75, 3.05) is 0 Å². The zero-order valence-corrected chi connectivity index (χ0v) is 9.46. The van der Waals surface area contributed by atoms with E-state index in [0.29, 0.717) is 11.7 Å². The van der Waals surface area contributed by atoms with Crippen LogP contribution in [0.1, 0.15) is 31.9 Å². The highest BCUT2D eigenvalue weighted by atomic mass is 14.9. The normalized spacial score (nSPS) is 12.4. The second kappa shape index (κ2) is 4.79. The van der Waals surface area contributed by atoms with Crippen LogP contribution >= 0.6 is 0 Å². The molecule has 0 saturated heterocycles. The lowest BCUT2D eigenvalue weighted by Crippen LogP contribution is -2.02. The minimum Gasteiger partial charge on any atom is -0.257 e. The van der Waals surface area contributed by atoms with Gasteiger partial charge in [-0.25, -0.2) is 15.0 Å². The van der Waals surface area contributed by atoms with Crippen LogP contribution in [0.25, 0.3) is 11.5 Å². The molecule has 0 radical (unpaired) electrons. The lowest BCUT2D eigenvalue weighted by molar-refractivity contribution is 0.704. The van der Waals surface area contributed by atoms with Gasteiger partial charge in [-0.2, -0.15) is 0 Å². The summed E-state index contributed by atoms with van der Waals surface area (Å²) in [5.41, 5.74) is 1.76. The van der Waals surface area contributed by atoms with E-state index in [2.05, 4.69) is 33.8 Å². The molecule has 2 heterocycles.